The summed E-state index contributed by atoms with van der Waals surface area (Å²) in [5.41, 5.74) is 1.90. The summed E-state index contributed by atoms with van der Waals surface area (Å²) < 4.78 is 1.83. The Bertz CT molecular complexity index is 1120. The minimum absolute atomic E-state index is 0.00621. The second kappa shape index (κ2) is 8.72. The Morgan fingerprint density at radius 3 is 2.73 bits per heavy atom. The van der Waals surface area contributed by atoms with E-state index < -0.39 is 0 Å². The van der Waals surface area contributed by atoms with E-state index >= 15 is 0 Å². The van der Waals surface area contributed by atoms with Gasteiger partial charge in [0.2, 0.25) is 0 Å². The zero-order chi connectivity index (χ0) is 21.3. The van der Waals surface area contributed by atoms with Gasteiger partial charge in [0.15, 0.2) is 0 Å². The van der Waals surface area contributed by atoms with E-state index in [1.165, 1.54) is 11.3 Å². The molecule has 1 aromatic carbocycles. The summed E-state index contributed by atoms with van der Waals surface area (Å²) >= 11 is 1.38. The maximum Gasteiger partial charge on any atom is 0.264 e. The number of hydrogen-bond donors (Lipinski definition) is 0. The molecule has 6 heteroatoms. The van der Waals surface area contributed by atoms with Gasteiger partial charge in [0, 0.05) is 25.6 Å². The molecule has 1 atom stereocenters. The van der Waals surface area contributed by atoms with E-state index in [0.29, 0.717) is 21.6 Å². The normalized spacial score (nSPS) is 14.9. The first-order chi connectivity index (χ1) is 14.5. The Morgan fingerprint density at radius 2 is 2.00 bits per heavy atom. The summed E-state index contributed by atoms with van der Waals surface area (Å²) in [6.45, 7) is 7.36. The molecule has 2 aromatic heterocycles. The van der Waals surface area contributed by atoms with Crippen LogP contribution in [0.2, 0.25) is 0 Å². The van der Waals surface area contributed by atoms with Crippen LogP contribution < -0.4 is 5.56 Å². The standard InChI is InChI=1S/C24H29N3O2S/c1-4-16(2)27(15-18-11-7-5-8-12-18)24(29)21-17(3)20-22(30-21)25-19-13-9-6-10-14-26(19)23(20)28/h5,7-8,11-12,16H,4,6,9-10,13-15H2,1-3H3. The average Bonchev–Trinajstić information content (AvgIpc) is 2.92. The molecule has 0 bridgehead atoms. The van der Waals surface area contributed by atoms with E-state index in [0.717, 1.165) is 55.6 Å². The highest BCUT2D eigenvalue weighted by atomic mass is 32.1. The lowest BCUT2D eigenvalue weighted by molar-refractivity contribution is 0.0676. The van der Waals surface area contributed by atoms with Gasteiger partial charge in [0.25, 0.3) is 11.5 Å². The number of carbonyl (C=O) groups is 1. The first-order valence-electron chi connectivity index (χ1n) is 10.9. The largest absolute Gasteiger partial charge is 0.331 e. The monoisotopic (exact) mass is 423 g/mol. The molecule has 0 saturated carbocycles. The van der Waals surface area contributed by atoms with Crippen molar-refractivity contribution in [2.24, 2.45) is 0 Å². The SMILES string of the molecule is CCC(C)N(Cc1ccccc1)C(=O)c1sc2nc3n(c(=O)c2c1C)CCCCC3. The molecule has 0 radical (unpaired) electrons. The number of nitrogens with zero attached hydrogens (tertiary/aromatic N) is 3. The van der Waals surface area contributed by atoms with Gasteiger partial charge in [-0.15, -0.1) is 11.3 Å². The molecule has 30 heavy (non-hydrogen) atoms. The van der Waals surface area contributed by atoms with E-state index in [1.807, 2.05) is 46.7 Å². The van der Waals surface area contributed by atoms with Crippen molar-refractivity contribution in [1.82, 2.24) is 14.5 Å². The van der Waals surface area contributed by atoms with Crippen molar-refractivity contribution in [3.8, 4) is 0 Å². The highest BCUT2D eigenvalue weighted by Gasteiger charge is 2.27. The molecule has 3 aromatic rings. The molecule has 158 valence electrons. The van der Waals surface area contributed by atoms with Crippen molar-refractivity contribution in [1.29, 1.82) is 0 Å². The molecule has 1 aliphatic heterocycles. The van der Waals surface area contributed by atoms with Gasteiger partial charge in [-0.3, -0.25) is 14.2 Å². The van der Waals surface area contributed by atoms with E-state index in [-0.39, 0.29) is 17.5 Å². The Morgan fingerprint density at radius 1 is 1.23 bits per heavy atom. The molecular weight excluding hydrogens is 394 g/mol. The summed E-state index contributed by atoms with van der Waals surface area (Å²) in [6.07, 6.45) is 4.90. The van der Waals surface area contributed by atoms with Crippen LogP contribution in [0.25, 0.3) is 10.2 Å². The molecule has 3 heterocycles. The number of fused-ring (bicyclic) bond motifs is 2. The third-order valence-electron chi connectivity index (χ3n) is 6.19. The lowest BCUT2D eigenvalue weighted by Gasteiger charge is -2.28. The van der Waals surface area contributed by atoms with Gasteiger partial charge in [-0.25, -0.2) is 4.98 Å². The topological polar surface area (TPSA) is 55.2 Å². The molecule has 4 rings (SSSR count). The fourth-order valence-corrected chi connectivity index (χ4v) is 5.32. The summed E-state index contributed by atoms with van der Waals surface area (Å²) in [7, 11) is 0. The maximum absolute atomic E-state index is 13.6. The maximum atomic E-state index is 13.6. The number of aromatic nitrogens is 2. The zero-order valence-electron chi connectivity index (χ0n) is 18.0. The Kier molecular flexibility index (Phi) is 6.04. The number of benzene rings is 1. The van der Waals surface area contributed by atoms with Gasteiger partial charge in [-0.1, -0.05) is 43.7 Å². The molecule has 1 aliphatic rings. The molecule has 1 unspecified atom stereocenters. The smallest absolute Gasteiger partial charge is 0.264 e. The van der Waals surface area contributed by atoms with Gasteiger partial charge in [-0.05, 0) is 44.2 Å². The molecular formula is C24H29N3O2S. The number of hydrogen-bond acceptors (Lipinski definition) is 4. The van der Waals surface area contributed by atoms with Crippen molar-refractivity contribution < 1.29 is 4.79 Å². The quantitative estimate of drug-likeness (QED) is 0.584. The van der Waals surface area contributed by atoms with Gasteiger partial charge in [-0.2, -0.15) is 0 Å². The Hall–Kier alpha value is -2.47. The van der Waals surface area contributed by atoms with Crippen LogP contribution in [0.4, 0.5) is 0 Å². The third kappa shape index (κ3) is 3.81. The third-order valence-corrected chi connectivity index (χ3v) is 7.36. The van der Waals surface area contributed by atoms with E-state index in [4.69, 9.17) is 4.98 Å². The van der Waals surface area contributed by atoms with E-state index in [1.54, 1.807) is 0 Å². The van der Waals surface area contributed by atoms with Crippen LogP contribution in [0.15, 0.2) is 35.1 Å². The second-order valence-corrected chi connectivity index (χ2v) is 9.21. The first kappa shape index (κ1) is 20.8. The molecule has 0 saturated heterocycles. The first-order valence-corrected chi connectivity index (χ1v) is 11.7. The van der Waals surface area contributed by atoms with Crippen molar-refractivity contribution in [2.75, 3.05) is 0 Å². The summed E-state index contributed by atoms with van der Waals surface area (Å²) in [4.78, 5) is 35.0. The molecule has 1 amide bonds. The number of thiophene rings is 1. The predicted octanol–water partition coefficient (Wildman–Crippen LogP) is 4.93. The van der Waals surface area contributed by atoms with Crippen LogP contribution in [-0.4, -0.2) is 26.4 Å². The summed E-state index contributed by atoms with van der Waals surface area (Å²) in [5.74, 6) is 0.863. The van der Waals surface area contributed by atoms with Gasteiger partial charge < -0.3 is 4.90 Å². The number of amides is 1. The van der Waals surface area contributed by atoms with Crippen molar-refractivity contribution in [3.05, 3.63) is 62.5 Å². The van der Waals surface area contributed by atoms with Crippen molar-refractivity contribution >= 4 is 27.5 Å². The lowest BCUT2D eigenvalue weighted by atomic mass is 10.1. The molecule has 0 aliphatic carbocycles. The van der Waals surface area contributed by atoms with Gasteiger partial charge in [0.1, 0.15) is 10.7 Å². The molecule has 5 nitrogen and oxygen atoms in total. The Labute approximate surface area is 181 Å². The lowest BCUT2D eigenvalue weighted by Crippen LogP contribution is -2.37. The fourth-order valence-electron chi connectivity index (χ4n) is 4.17. The van der Waals surface area contributed by atoms with Gasteiger partial charge in [0.05, 0.1) is 10.3 Å². The highest BCUT2D eigenvalue weighted by Crippen LogP contribution is 2.30. The van der Waals surface area contributed by atoms with Crippen molar-refractivity contribution in [3.63, 3.8) is 0 Å². The number of aryl methyl sites for hydroxylation is 2. The van der Waals surface area contributed by atoms with Crippen molar-refractivity contribution in [2.45, 2.75) is 72.0 Å². The van der Waals surface area contributed by atoms with Crippen LogP contribution in [0.1, 0.15) is 66.2 Å². The molecule has 0 fully saturated rings. The number of rotatable bonds is 5. The van der Waals surface area contributed by atoms with Crippen LogP contribution in [-0.2, 0) is 19.5 Å². The average molecular weight is 424 g/mol. The fraction of sp³-hybridized carbons (Fsp3) is 0.458. The van der Waals surface area contributed by atoms with Crippen LogP contribution >= 0.6 is 11.3 Å². The highest BCUT2D eigenvalue weighted by molar-refractivity contribution is 7.20. The Balaban J connectivity index is 1.77. The van der Waals surface area contributed by atoms with Crippen LogP contribution in [0.3, 0.4) is 0 Å². The summed E-state index contributed by atoms with van der Waals surface area (Å²) in [6, 6.07) is 10.2. The predicted molar refractivity (Wildman–Crippen MR) is 122 cm³/mol. The molecule has 0 N–H and O–H groups in total. The minimum atomic E-state index is -0.00621. The van der Waals surface area contributed by atoms with E-state index in [9.17, 15) is 9.59 Å². The number of carbonyl (C=O) groups excluding carboxylic acids is 1. The second-order valence-electron chi connectivity index (χ2n) is 8.21. The minimum Gasteiger partial charge on any atom is -0.331 e. The van der Waals surface area contributed by atoms with Gasteiger partial charge >= 0.3 is 0 Å². The molecule has 0 spiro atoms. The van der Waals surface area contributed by atoms with Crippen LogP contribution in [0.5, 0.6) is 0 Å². The van der Waals surface area contributed by atoms with Crippen LogP contribution in [0, 0.1) is 6.92 Å². The summed E-state index contributed by atoms with van der Waals surface area (Å²) in [5, 5.41) is 0.623. The van der Waals surface area contributed by atoms with E-state index in [2.05, 4.69) is 13.8 Å². The zero-order valence-corrected chi connectivity index (χ0v) is 18.8.